The first-order chi connectivity index (χ1) is 1.73. The van der Waals surface area contributed by atoms with Crippen molar-refractivity contribution in [2.45, 2.75) is 0 Å². The van der Waals surface area contributed by atoms with Crippen molar-refractivity contribution in [3.8, 4) is 0 Å². The van der Waals surface area contributed by atoms with Crippen molar-refractivity contribution >= 4 is 32.2 Å². The molecule has 0 atom stereocenters. The van der Waals surface area contributed by atoms with E-state index in [-0.39, 0.29) is 60.0 Å². The van der Waals surface area contributed by atoms with Gasteiger partial charge in [0.1, 0.15) is 0 Å². The minimum Gasteiger partial charge on any atom is -1.00 e. The standard InChI is InChI=1S/2Fe.Mg.H2O3Si.2H/c;;;1-4(2)3;;/h;;;1-2H;;/q;;+2;;2*-1. The average Bonchev–Trinajstić information content (AvgIpc) is 0.811. The molecule has 7 heteroatoms. The fourth-order valence-corrected chi connectivity index (χ4v) is 0. The summed E-state index contributed by atoms with van der Waals surface area (Å²) in [7, 11) is -3.13. The third-order valence-electron chi connectivity index (χ3n) is 0. The topological polar surface area (TPSA) is 57.5 Å². The van der Waals surface area contributed by atoms with E-state index >= 15 is 0 Å². The maximum atomic E-state index is 8.74. The first-order valence-corrected chi connectivity index (χ1v) is 1.95. The zero-order chi connectivity index (χ0) is 3.58. The molecule has 0 aliphatic rings. The van der Waals surface area contributed by atoms with Gasteiger partial charge in [-0.1, -0.05) is 0 Å². The Bertz CT molecular complexity index is 42.8. The van der Waals surface area contributed by atoms with Gasteiger partial charge in [0.15, 0.2) is 0 Å². The van der Waals surface area contributed by atoms with E-state index in [0.29, 0.717) is 0 Å². The van der Waals surface area contributed by atoms with Crippen LogP contribution in [0.5, 0.6) is 0 Å². The number of hydrogen-bond acceptors (Lipinski definition) is 1. The molecular formula is H4Fe2MgO3Si. The Labute approximate surface area is 82.8 Å². The Morgan fingerprint density at radius 3 is 1.29 bits per heavy atom. The van der Waals surface area contributed by atoms with Gasteiger partial charge in [-0.3, -0.25) is 4.46 Å². The molecule has 0 unspecified atom stereocenters. The van der Waals surface area contributed by atoms with E-state index in [4.69, 9.17) is 14.1 Å². The molecule has 3 nitrogen and oxygen atoms in total. The first kappa shape index (κ1) is 23.7. The first-order valence-electron chi connectivity index (χ1n) is 0.651. The van der Waals surface area contributed by atoms with Crippen LogP contribution in [0.3, 0.4) is 0 Å². The number of hydrogen-bond donors (Lipinski definition) is 2. The Morgan fingerprint density at radius 1 is 1.29 bits per heavy atom. The van der Waals surface area contributed by atoms with Gasteiger partial charge in [0.25, 0.3) is 0 Å². The minimum absolute atomic E-state index is 0. The second kappa shape index (κ2) is 15.7. The van der Waals surface area contributed by atoms with Crippen LogP contribution >= 0.6 is 0 Å². The average molecular weight is 216 g/mol. The zero-order valence-electron chi connectivity index (χ0n) is 5.22. The predicted molar refractivity (Wildman–Crippen MR) is 18.9 cm³/mol. The summed E-state index contributed by atoms with van der Waals surface area (Å²) in [4.78, 5) is 14.3. The van der Waals surface area contributed by atoms with Crippen molar-refractivity contribution in [1.82, 2.24) is 0 Å². The molecule has 0 saturated carbocycles. The van der Waals surface area contributed by atoms with Crippen molar-refractivity contribution < 1.29 is 51.0 Å². The molecule has 0 radical (unpaired) electrons. The fourth-order valence-electron chi connectivity index (χ4n) is 0. The summed E-state index contributed by atoms with van der Waals surface area (Å²) in [5, 5.41) is 0. The largest absolute Gasteiger partial charge is 2.00 e. The van der Waals surface area contributed by atoms with Crippen molar-refractivity contribution in [3.05, 3.63) is 0 Å². The molecule has 0 fully saturated rings. The molecule has 0 aromatic carbocycles. The molecule has 0 aliphatic carbocycles. The van der Waals surface area contributed by atoms with Crippen LogP contribution in [0.1, 0.15) is 2.85 Å². The van der Waals surface area contributed by atoms with Gasteiger partial charge in [0.05, 0.1) is 0 Å². The quantitative estimate of drug-likeness (QED) is 0.471. The molecule has 44 valence electrons. The molecule has 0 aromatic rings. The van der Waals surface area contributed by atoms with Gasteiger partial charge >= 0.3 is 32.2 Å². The van der Waals surface area contributed by atoms with Crippen molar-refractivity contribution in [1.29, 1.82) is 0 Å². The smallest absolute Gasteiger partial charge is 1.00 e. The van der Waals surface area contributed by atoms with E-state index in [1.54, 1.807) is 0 Å². The molecule has 0 bridgehead atoms. The Hall–Kier alpha value is 1.42. The molecule has 0 heterocycles. The van der Waals surface area contributed by atoms with Gasteiger partial charge in [-0.15, -0.1) is 0 Å². The summed E-state index contributed by atoms with van der Waals surface area (Å²) < 4.78 is 8.74. The molecule has 2 N–H and O–H groups in total. The van der Waals surface area contributed by atoms with E-state index in [1.165, 1.54) is 0 Å². The Morgan fingerprint density at radius 2 is 1.29 bits per heavy atom. The molecule has 0 aliphatic heterocycles. The van der Waals surface area contributed by atoms with Gasteiger partial charge in [-0.2, -0.15) is 0 Å². The molecule has 0 spiro atoms. The molecule has 0 amide bonds. The fraction of sp³-hybridized carbons (Fsp3) is 0. The summed E-state index contributed by atoms with van der Waals surface area (Å²) in [6.07, 6.45) is 0. The summed E-state index contributed by atoms with van der Waals surface area (Å²) in [6.45, 7) is 0. The Balaban J connectivity index is -0.00000000450. The summed E-state index contributed by atoms with van der Waals surface area (Å²) in [6, 6.07) is 0. The third kappa shape index (κ3) is 108. The monoisotopic (exact) mass is 216 g/mol. The van der Waals surface area contributed by atoms with Crippen molar-refractivity contribution in [3.63, 3.8) is 0 Å². The molecule has 7 heavy (non-hydrogen) atoms. The Kier molecular flexibility index (Phi) is 53.1. The molecular weight excluding hydrogens is 212 g/mol. The second-order valence-electron chi connectivity index (χ2n) is 0.283. The van der Waals surface area contributed by atoms with E-state index in [2.05, 4.69) is 0 Å². The minimum atomic E-state index is -3.13. The van der Waals surface area contributed by atoms with Crippen LogP contribution in [0, 0.1) is 0 Å². The number of rotatable bonds is 0. The van der Waals surface area contributed by atoms with Crippen LogP contribution in [0.15, 0.2) is 0 Å². The molecule has 0 rings (SSSR count). The van der Waals surface area contributed by atoms with Crippen molar-refractivity contribution in [2.24, 2.45) is 0 Å². The molecule has 0 aromatic heterocycles. The maximum Gasteiger partial charge on any atom is 2.00 e. The van der Waals surface area contributed by atoms with Gasteiger partial charge in [0, 0.05) is 34.1 Å². The normalized spacial score (nSPS) is 3.43. The van der Waals surface area contributed by atoms with E-state index < -0.39 is 9.17 Å². The summed E-state index contributed by atoms with van der Waals surface area (Å²) in [5.74, 6) is 0. The van der Waals surface area contributed by atoms with Crippen LogP contribution in [0.25, 0.3) is 0 Å². The van der Waals surface area contributed by atoms with Gasteiger partial charge in [-0.05, 0) is 0 Å². The van der Waals surface area contributed by atoms with Crippen LogP contribution in [-0.4, -0.2) is 41.8 Å². The third-order valence-corrected chi connectivity index (χ3v) is 0. The molecule has 0 saturated heterocycles. The van der Waals surface area contributed by atoms with E-state index in [0.717, 1.165) is 0 Å². The second-order valence-corrected chi connectivity index (χ2v) is 0.848. The van der Waals surface area contributed by atoms with Crippen LogP contribution in [-0.2, 0) is 38.6 Å². The van der Waals surface area contributed by atoms with Crippen molar-refractivity contribution in [2.75, 3.05) is 0 Å². The summed E-state index contributed by atoms with van der Waals surface area (Å²) in [5.41, 5.74) is 0. The van der Waals surface area contributed by atoms with E-state index in [9.17, 15) is 0 Å². The van der Waals surface area contributed by atoms with Crippen LogP contribution in [0.4, 0.5) is 0 Å². The zero-order valence-corrected chi connectivity index (χ0v) is 7.84. The SMILES string of the molecule is O=[Si](O)O.[Fe].[Fe].[H-].[H-].[Mg+2]. The predicted octanol–water partition coefficient (Wildman–Crippen LogP) is -1.77. The van der Waals surface area contributed by atoms with Crippen LogP contribution in [0.2, 0.25) is 0 Å². The van der Waals surface area contributed by atoms with E-state index in [1.807, 2.05) is 0 Å². The van der Waals surface area contributed by atoms with Gasteiger partial charge in [0.2, 0.25) is 0 Å². The van der Waals surface area contributed by atoms with Gasteiger partial charge in [-0.25, -0.2) is 0 Å². The van der Waals surface area contributed by atoms with Crippen LogP contribution < -0.4 is 0 Å². The van der Waals surface area contributed by atoms with Gasteiger partial charge < -0.3 is 12.4 Å². The maximum absolute atomic E-state index is 8.74. The summed E-state index contributed by atoms with van der Waals surface area (Å²) >= 11 is 0.